The minimum atomic E-state index is -0.526. The van der Waals surface area contributed by atoms with Gasteiger partial charge in [0.1, 0.15) is 5.60 Å². The molecule has 0 spiro atoms. The fraction of sp³-hybridized carbons (Fsp3) is 0.846. The maximum atomic E-state index is 12.0. The zero-order valence-corrected chi connectivity index (χ0v) is 12.0. The normalized spacial score (nSPS) is 20.8. The first-order valence-corrected chi connectivity index (χ1v) is 6.34. The Balaban J connectivity index is 2.42. The van der Waals surface area contributed by atoms with E-state index < -0.39 is 11.7 Å². The highest BCUT2D eigenvalue weighted by Gasteiger charge is 2.28. The van der Waals surface area contributed by atoms with Crippen molar-refractivity contribution in [3.63, 3.8) is 0 Å². The summed E-state index contributed by atoms with van der Waals surface area (Å²) in [6.45, 7) is 7.31. The summed E-state index contributed by atoms with van der Waals surface area (Å²) in [4.78, 5) is 27.2. The Labute approximate surface area is 109 Å². The van der Waals surface area contributed by atoms with E-state index >= 15 is 0 Å². The molecule has 5 nitrogen and oxygen atoms in total. The predicted molar refractivity (Wildman–Crippen MR) is 69.5 cm³/mol. The molecule has 0 aromatic carbocycles. The van der Waals surface area contributed by atoms with Crippen molar-refractivity contribution in [2.75, 3.05) is 33.7 Å². The topological polar surface area (TPSA) is 49.9 Å². The van der Waals surface area contributed by atoms with E-state index in [1.54, 1.807) is 7.05 Å². The molecule has 1 aliphatic rings. The molecule has 1 heterocycles. The van der Waals surface area contributed by atoms with Crippen molar-refractivity contribution in [3.8, 4) is 0 Å². The molecule has 1 saturated heterocycles. The van der Waals surface area contributed by atoms with Gasteiger partial charge in [0.05, 0.1) is 6.54 Å². The number of hydrogen-bond acceptors (Lipinski definition) is 4. The number of Topliss-reactive ketones (excluding diaryl/α,β-unsaturated/α-hetero) is 1. The number of rotatable bonds is 3. The maximum Gasteiger partial charge on any atom is 0.410 e. The first kappa shape index (κ1) is 15.0. The first-order chi connectivity index (χ1) is 8.19. The Kier molecular flexibility index (Phi) is 4.73. The predicted octanol–water partition coefficient (Wildman–Crippen LogP) is 1.37. The number of likely N-dealkylation sites (tertiary alicyclic amines) is 1. The molecule has 5 heteroatoms. The average Bonchev–Trinajstić information content (AvgIpc) is 2.62. The molecule has 1 amide bonds. The Hall–Kier alpha value is -1.10. The van der Waals surface area contributed by atoms with Crippen LogP contribution in [0.2, 0.25) is 0 Å². The maximum absolute atomic E-state index is 12.0. The van der Waals surface area contributed by atoms with Crippen LogP contribution in [-0.2, 0) is 9.53 Å². The molecule has 1 rings (SSSR count). The minimum absolute atomic E-state index is 0.0555. The molecule has 0 aromatic heterocycles. The van der Waals surface area contributed by atoms with E-state index in [0.29, 0.717) is 0 Å². The van der Waals surface area contributed by atoms with Gasteiger partial charge in [-0.3, -0.25) is 4.79 Å². The quantitative estimate of drug-likeness (QED) is 0.765. The molecule has 1 atom stereocenters. The van der Waals surface area contributed by atoms with Crippen molar-refractivity contribution in [3.05, 3.63) is 0 Å². The van der Waals surface area contributed by atoms with Gasteiger partial charge in [0, 0.05) is 19.5 Å². The Morgan fingerprint density at radius 3 is 2.44 bits per heavy atom. The molecule has 104 valence electrons. The molecular weight excluding hydrogens is 232 g/mol. The number of ketones is 1. The summed E-state index contributed by atoms with van der Waals surface area (Å²) in [6.07, 6.45) is 0.444. The van der Waals surface area contributed by atoms with Crippen molar-refractivity contribution in [1.29, 1.82) is 0 Å². The first-order valence-electron chi connectivity index (χ1n) is 6.34. The van der Waals surface area contributed by atoms with Crippen molar-refractivity contribution in [2.45, 2.75) is 32.8 Å². The van der Waals surface area contributed by atoms with E-state index in [2.05, 4.69) is 4.90 Å². The molecule has 18 heavy (non-hydrogen) atoms. The average molecular weight is 256 g/mol. The molecule has 0 radical (unpaired) electrons. The van der Waals surface area contributed by atoms with Gasteiger partial charge < -0.3 is 14.5 Å². The minimum Gasteiger partial charge on any atom is -0.444 e. The number of carbonyl (C=O) groups is 2. The zero-order valence-electron chi connectivity index (χ0n) is 12.0. The van der Waals surface area contributed by atoms with E-state index in [0.717, 1.165) is 19.5 Å². The highest BCUT2D eigenvalue weighted by atomic mass is 16.6. The second kappa shape index (κ2) is 5.69. The lowest BCUT2D eigenvalue weighted by atomic mass is 10.0. The summed E-state index contributed by atoms with van der Waals surface area (Å²) >= 11 is 0. The highest BCUT2D eigenvalue weighted by molar-refractivity contribution is 5.86. The third-order valence-electron chi connectivity index (χ3n) is 2.94. The van der Waals surface area contributed by atoms with Gasteiger partial charge in [-0.25, -0.2) is 4.79 Å². The Morgan fingerprint density at radius 1 is 1.39 bits per heavy atom. The molecule has 0 N–H and O–H groups in total. The number of nitrogens with zero attached hydrogens (tertiary/aromatic N) is 2. The monoisotopic (exact) mass is 256 g/mol. The van der Waals surface area contributed by atoms with Gasteiger partial charge in [0.15, 0.2) is 5.78 Å². The van der Waals surface area contributed by atoms with Crippen LogP contribution >= 0.6 is 0 Å². The zero-order chi connectivity index (χ0) is 13.9. The van der Waals surface area contributed by atoms with E-state index in [1.807, 2.05) is 27.8 Å². The van der Waals surface area contributed by atoms with Crippen molar-refractivity contribution >= 4 is 11.9 Å². The lowest BCUT2D eigenvalue weighted by Crippen LogP contribution is -2.39. The van der Waals surface area contributed by atoms with Gasteiger partial charge >= 0.3 is 6.09 Å². The number of carbonyl (C=O) groups excluding carboxylic acids is 2. The second-order valence-electron chi connectivity index (χ2n) is 6.05. The molecule has 0 aliphatic carbocycles. The fourth-order valence-electron chi connectivity index (χ4n) is 1.97. The molecule has 1 unspecified atom stereocenters. The van der Waals surface area contributed by atoms with Crippen LogP contribution < -0.4 is 0 Å². The molecular formula is C13H24N2O3. The summed E-state index contributed by atoms with van der Waals surface area (Å²) in [5.74, 6) is 0.174. The fourth-order valence-corrected chi connectivity index (χ4v) is 1.97. The van der Waals surface area contributed by atoms with Crippen LogP contribution in [0.4, 0.5) is 4.79 Å². The Bertz CT molecular complexity index is 323. The molecule has 1 aliphatic heterocycles. The van der Waals surface area contributed by atoms with E-state index in [4.69, 9.17) is 4.74 Å². The summed E-state index contributed by atoms with van der Waals surface area (Å²) in [5.41, 5.74) is -0.526. The van der Waals surface area contributed by atoms with Gasteiger partial charge in [-0.15, -0.1) is 0 Å². The summed E-state index contributed by atoms with van der Waals surface area (Å²) in [6, 6.07) is 0. The summed E-state index contributed by atoms with van der Waals surface area (Å²) < 4.78 is 5.21. The van der Waals surface area contributed by atoms with E-state index in [1.165, 1.54) is 4.90 Å². The van der Waals surface area contributed by atoms with Gasteiger partial charge in [0.2, 0.25) is 0 Å². The van der Waals surface area contributed by atoms with Gasteiger partial charge in [-0.2, -0.15) is 0 Å². The number of likely N-dealkylation sites (N-methyl/N-ethyl adjacent to an activating group) is 1. The van der Waals surface area contributed by atoms with Crippen LogP contribution in [0, 0.1) is 5.92 Å². The Morgan fingerprint density at radius 2 is 2.00 bits per heavy atom. The second-order valence-corrected chi connectivity index (χ2v) is 6.05. The van der Waals surface area contributed by atoms with Crippen molar-refractivity contribution < 1.29 is 14.3 Å². The summed E-state index contributed by atoms with van der Waals surface area (Å²) in [7, 11) is 3.61. The van der Waals surface area contributed by atoms with Crippen molar-refractivity contribution in [1.82, 2.24) is 9.80 Å². The molecule has 0 saturated carbocycles. The van der Waals surface area contributed by atoms with Crippen LogP contribution in [0.3, 0.4) is 0 Å². The third-order valence-corrected chi connectivity index (χ3v) is 2.94. The highest BCUT2D eigenvalue weighted by Crippen LogP contribution is 2.16. The van der Waals surface area contributed by atoms with Gasteiger partial charge in [0.25, 0.3) is 0 Å². The van der Waals surface area contributed by atoms with Crippen molar-refractivity contribution in [2.24, 2.45) is 5.92 Å². The number of ether oxygens (including phenoxy) is 1. The van der Waals surface area contributed by atoms with Gasteiger partial charge in [-0.1, -0.05) is 0 Å². The molecule has 1 fully saturated rings. The van der Waals surface area contributed by atoms with Gasteiger partial charge in [-0.05, 0) is 40.8 Å². The smallest absolute Gasteiger partial charge is 0.410 e. The van der Waals surface area contributed by atoms with Crippen LogP contribution in [0.5, 0.6) is 0 Å². The molecule has 0 aromatic rings. The van der Waals surface area contributed by atoms with Crippen LogP contribution in [-0.4, -0.2) is 61.0 Å². The van der Waals surface area contributed by atoms with E-state index in [9.17, 15) is 9.59 Å². The van der Waals surface area contributed by atoms with E-state index in [-0.39, 0.29) is 18.2 Å². The number of amides is 1. The lowest BCUT2D eigenvalue weighted by molar-refractivity contribution is -0.123. The largest absolute Gasteiger partial charge is 0.444 e. The summed E-state index contributed by atoms with van der Waals surface area (Å²) in [5, 5.41) is 0. The standard InChI is InChI=1S/C13H24N2O3/c1-13(2,3)18-12(17)15(5)9-11(16)10-6-7-14(4)8-10/h10H,6-9H2,1-5H3. The molecule has 0 bridgehead atoms. The number of hydrogen-bond donors (Lipinski definition) is 0. The third kappa shape index (κ3) is 4.64. The van der Waals surface area contributed by atoms with Crippen LogP contribution in [0.25, 0.3) is 0 Å². The SMILES string of the molecule is CN1CCC(C(=O)CN(C)C(=O)OC(C)(C)C)C1. The van der Waals surface area contributed by atoms with Crippen LogP contribution in [0.1, 0.15) is 27.2 Å². The lowest BCUT2D eigenvalue weighted by Gasteiger charge is -2.24. The van der Waals surface area contributed by atoms with Crippen LogP contribution in [0.15, 0.2) is 0 Å².